The number of oxime groups is 2. The number of amides is 1. The van der Waals surface area contributed by atoms with Crippen LogP contribution < -0.4 is 16.9 Å². The Hall–Kier alpha value is -6.44. The maximum absolute atomic E-state index is 13.3. The highest BCUT2D eigenvalue weighted by Gasteiger charge is 2.70. The van der Waals surface area contributed by atoms with Crippen LogP contribution in [0.5, 0.6) is 0 Å². The first-order valence-corrected chi connectivity index (χ1v) is 33.0. The fourth-order valence-electron chi connectivity index (χ4n) is 18.3. The second-order valence-corrected chi connectivity index (χ2v) is 28.7. The number of nitrogens with one attached hydrogen (secondary N) is 1. The Kier molecular flexibility index (Phi) is 23.5. The van der Waals surface area contributed by atoms with Gasteiger partial charge in [0.25, 0.3) is 0 Å². The Labute approximate surface area is 541 Å². The van der Waals surface area contributed by atoms with Crippen molar-refractivity contribution in [2.45, 2.75) is 172 Å². The lowest BCUT2D eigenvalue weighted by Gasteiger charge is -2.60. The second-order valence-electron chi connectivity index (χ2n) is 28.7. The van der Waals surface area contributed by atoms with Gasteiger partial charge in [-0.1, -0.05) is 145 Å². The predicted molar refractivity (Wildman–Crippen MR) is 360 cm³/mol. The van der Waals surface area contributed by atoms with Gasteiger partial charge in [0.15, 0.2) is 5.76 Å². The maximum atomic E-state index is 13.3. The number of nitrogen functional groups attached to an aromatic ring is 1. The number of carboxylic acid groups (broad SMARTS) is 1. The topological polar surface area (TPSA) is 273 Å². The van der Waals surface area contributed by atoms with Gasteiger partial charge in [-0.2, -0.15) is 5.10 Å². The molecule has 0 saturated heterocycles. The summed E-state index contributed by atoms with van der Waals surface area (Å²) in [4.78, 5) is 54.6. The molecule has 0 spiro atoms. The number of hydrogen-bond acceptors (Lipinski definition) is 16. The van der Waals surface area contributed by atoms with Crippen LogP contribution in [0.1, 0.15) is 157 Å². The SMILES string of the molecule is C=C(CON)OO.CC/C(=N/N(C)C)[C@@]1(C)[C@H](C)C[C@H]2[C@@H]3CCC4=C/C(=N/OCCC(=O)O)C=C[C@]4(C)[C@H]3[C@@H](O)C[C@@]21C.CCC(=O)[C@@]1(C)[C@H](C)C[C@H]2[C@@H]3CCC4=C/C(=N/OCCC(=O)Nc5ccc(C)cc5)C=C[C@]4(C)[C@H]3[C@@H](O)C[C@@]21C.Cc1ccc(N)cc1. The Bertz CT molecular complexity index is 3110. The molecule has 8 aliphatic rings. The number of hydrazone groups is 1. The number of rotatable bonds is 17. The lowest BCUT2D eigenvalue weighted by Crippen LogP contribution is -2.58. The van der Waals surface area contributed by atoms with E-state index in [1.165, 1.54) is 28.8 Å². The van der Waals surface area contributed by atoms with Crippen molar-refractivity contribution >= 4 is 46.2 Å². The van der Waals surface area contributed by atoms with E-state index in [2.05, 4.69) is 124 Å². The number of carbonyl (C=O) groups excluding carboxylic acids is 2. The molecule has 0 unspecified atom stereocenters. The summed E-state index contributed by atoms with van der Waals surface area (Å²) in [6.45, 7) is 30.2. The summed E-state index contributed by atoms with van der Waals surface area (Å²) in [5, 5.41) is 58.4. The second kappa shape index (κ2) is 29.7. The van der Waals surface area contributed by atoms with Crippen LogP contribution in [-0.4, -0.2) is 107 Å². The van der Waals surface area contributed by atoms with Crippen LogP contribution in [0.2, 0.25) is 0 Å². The molecule has 0 aliphatic heterocycles. The standard InChI is InChI=1S/C34H46N2O4.C29H45N3O4.C7H9N.C3H7NO3/c1-7-29(38)34(6)22(3)18-27-26-13-10-23-19-25(14-16-32(23,4)31(26)28(37)20-33(27,34)5)36-40-17-15-30(39)35-24-11-8-21(2)9-12-24;1-8-24(30-32(6)7)29(5)18(2)15-22-21-10-9-19-16-20(31-36-14-12-25(34)35)11-13-27(19,3)26(21)23(33)17-28(22,29)4;1-6-2-4-7(8)5-3-6;1-3(7-5)2-6-4/h8-9,11-12,14,16,19,22,26-28,31,37H,7,10,13,15,17-18,20H2,1-6H3,(H,35,39);11,13,16,18,21-23,26,33H,8-10,12,14-15,17H2,1-7H3,(H,34,35);2-5H,8H2,1H3;5H,1-2,4H2/b36-25+;30-24-,31-20+;;/t22-,26+,27+,28+,31-,32+,33+,34-;18-,21+,22+,23+,26-,27+,28+,29-;;/m11../s1. The van der Waals surface area contributed by atoms with Gasteiger partial charge in [0.05, 0.1) is 25.0 Å². The van der Waals surface area contributed by atoms with Gasteiger partial charge >= 0.3 is 5.97 Å². The molecule has 2 aromatic rings. The zero-order valence-electron chi connectivity index (χ0n) is 56.8. The minimum absolute atomic E-state index is 0.00158. The summed E-state index contributed by atoms with van der Waals surface area (Å²) in [6.07, 6.45) is 21.1. The molecular weight excluding hydrogens is 1150 g/mol. The molecule has 18 heteroatoms. The number of aliphatic hydroxyl groups is 2. The van der Waals surface area contributed by atoms with E-state index >= 15 is 0 Å². The van der Waals surface area contributed by atoms with E-state index in [9.17, 15) is 24.6 Å². The van der Waals surface area contributed by atoms with Crippen molar-refractivity contribution < 1.29 is 54.4 Å². The van der Waals surface area contributed by atoms with E-state index in [0.29, 0.717) is 54.1 Å². The van der Waals surface area contributed by atoms with Gasteiger partial charge in [0, 0.05) is 71.1 Å². The number of aliphatic hydroxyl groups excluding tert-OH is 2. The molecule has 18 nitrogen and oxygen atoms in total. The fourth-order valence-corrected chi connectivity index (χ4v) is 18.3. The Balaban J connectivity index is 0.000000211. The third-order valence-corrected chi connectivity index (χ3v) is 23.5. The van der Waals surface area contributed by atoms with Gasteiger partial charge in [-0.25, -0.2) is 11.2 Å². The Morgan fingerprint density at radius 1 is 0.714 bits per heavy atom. The van der Waals surface area contributed by atoms with Crippen molar-refractivity contribution in [2.24, 2.45) is 101 Å². The number of benzene rings is 2. The summed E-state index contributed by atoms with van der Waals surface area (Å²) in [5.41, 5.74) is 13.7. The number of carbonyl (C=O) groups is 3. The molecule has 6 saturated carbocycles. The van der Waals surface area contributed by atoms with Gasteiger partial charge in [0.1, 0.15) is 37.0 Å². The van der Waals surface area contributed by atoms with E-state index in [1.54, 1.807) is 0 Å². The van der Waals surface area contributed by atoms with Crippen molar-refractivity contribution in [3.63, 3.8) is 0 Å². The quantitative estimate of drug-likeness (QED) is 0.0194. The number of carboxylic acids is 1. The number of allylic oxidation sites excluding steroid dienone is 8. The van der Waals surface area contributed by atoms with Crippen molar-refractivity contribution in [1.82, 2.24) is 5.01 Å². The number of fused-ring (bicyclic) bond motifs is 10. The zero-order chi connectivity index (χ0) is 67.0. The molecular formula is C73H107N7O11. The molecule has 0 heterocycles. The number of Topliss-reactive ketones (excluding diaryl/α,β-unsaturated/α-hetero) is 1. The average Bonchev–Trinajstić information content (AvgIpc) is 1.62. The van der Waals surface area contributed by atoms with E-state index in [4.69, 9.17) is 30.9 Å². The molecule has 0 bridgehead atoms. The predicted octanol–water partition coefficient (Wildman–Crippen LogP) is 13.2. The molecule has 16 atom stereocenters. The third kappa shape index (κ3) is 14.7. The minimum Gasteiger partial charge on any atom is -0.481 e. The molecule has 0 aromatic heterocycles. The summed E-state index contributed by atoms with van der Waals surface area (Å²) in [5.74, 6) is 6.94. The lowest BCUT2D eigenvalue weighted by atomic mass is 9.44. The first kappa shape index (κ1) is 72.0. The normalized spacial score (nSPS) is 35.6. The Morgan fingerprint density at radius 3 is 1.59 bits per heavy atom. The zero-order valence-corrected chi connectivity index (χ0v) is 56.8. The van der Waals surface area contributed by atoms with Crippen molar-refractivity contribution in [3.8, 4) is 0 Å². The summed E-state index contributed by atoms with van der Waals surface area (Å²) in [7, 11) is 4.01. The molecule has 0 radical (unpaired) electrons. The smallest absolute Gasteiger partial charge is 0.306 e. The number of aryl methyl sites for hydroxylation is 2. The molecule has 2 aromatic carbocycles. The van der Waals surface area contributed by atoms with Crippen LogP contribution in [0, 0.1) is 93.7 Å². The summed E-state index contributed by atoms with van der Waals surface area (Å²) >= 11 is 0. The van der Waals surface area contributed by atoms with Crippen molar-refractivity contribution in [2.75, 3.05) is 45.0 Å². The van der Waals surface area contributed by atoms with Gasteiger partial charge < -0.3 is 45.9 Å². The number of nitrogens with two attached hydrogens (primary N) is 2. The maximum Gasteiger partial charge on any atom is 0.306 e. The van der Waals surface area contributed by atoms with Gasteiger partial charge in [-0.15, -0.1) is 0 Å². The van der Waals surface area contributed by atoms with E-state index in [-0.39, 0.29) is 94.8 Å². The van der Waals surface area contributed by atoms with E-state index in [0.717, 1.165) is 73.3 Å². The largest absolute Gasteiger partial charge is 0.481 e. The third-order valence-electron chi connectivity index (χ3n) is 23.5. The number of anilines is 2. The fraction of sp³-hybridized carbons (Fsp3) is 0.616. The molecule has 6 fully saturated rings. The van der Waals surface area contributed by atoms with Crippen LogP contribution in [-0.2, 0) is 33.8 Å². The van der Waals surface area contributed by atoms with E-state index in [1.807, 2.05) is 101 Å². The Morgan fingerprint density at radius 2 is 1.18 bits per heavy atom. The lowest BCUT2D eigenvalue weighted by molar-refractivity contribution is -0.210. The van der Waals surface area contributed by atoms with Crippen LogP contribution in [0.25, 0.3) is 0 Å². The molecule has 1 amide bonds. The highest BCUT2D eigenvalue weighted by Crippen LogP contribution is 2.73. The minimum atomic E-state index is -0.895. The summed E-state index contributed by atoms with van der Waals surface area (Å²) < 4.78 is 0. The number of hydrogen-bond donors (Lipinski definition) is 7. The molecule has 10 rings (SSSR count). The van der Waals surface area contributed by atoms with Crippen molar-refractivity contribution in [1.29, 1.82) is 0 Å². The van der Waals surface area contributed by atoms with Crippen LogP contribution in [0.4, 0.5) is 11.4 Å². The first-order valence-electron chi connectivity index (χ1n) is 33.0. The molecule has 91 heavy (non-hydrogen) atoms. The van der Waals surface area contributed by atoms with Crippen LogP contribution >= 0.6 is 0 Å². The first-order chi connectivity index (χ1) is 42.9. The number of nitrogens with zero attached hydrogens (tertiary/aromatic N) is 4. The van der Waals surface area contributed by atoms with Gasteiger partial charge in [-0.05, 0) is 167 Å². The molecule has 8 aliphatic carbocycles. The number of aliphatic carboxylic acids is 1. The monoisotopic (exact) mass is 1260 g/mol. The summed E-state index contributed by atoms with van der Waals surface area (Å²) in [6, 6.07) is 15.5. The number of ketones is 1. The average molecular weight is 1260 g/mol. The molecule has 9 N–H and O–H groups in total. The van der Waals surface area contributed by atoms with Gasteiger partial charge in [0.2, 0.25) is 5.91 Å². The van der Waals surface area contributed by atoms with Gasteiger partial charge in [-0.3, -0.25) is 19.2 Å². The highest BCUT2D eigenvalue weighted by molar-refractivity contribution is 6.06. The van der Waals surface area contributed by atoms with Crippen LogP contribution in [0.3, 0.4) is 0 Å². The highest BCUT2D eigenvalue weighted by atomic mass is 17.1. The van der Waals surface area contributed by atoms with Crippen LogP contribution in [0.15, 0.2) is 124 Å². The van der Waals surface area contributed by atoms with E-state index < -0.39 is 12.1 Å². The molecule has 500 valence electrons. The van der Waals surface area contributed by atoms with Crippen molar-refractivity contribution in [3.05, 3.63) is 120 Å².